The molecule has 536 valence electrons. The Morgan fingerprint density at radius 1 is 0.586 bits per heavy atom. The number of rotatable bonds is 22. The number of benzene rings is 6. The first kappa shape index (κ1) is 73.8. The molecule has 0 radical (unpaired) electrons. The van der Waals surface area contributed by atoms with Gasteiger partial charge < -0.3 is 32.9 Å². The van der Waals surface area contributed by atoms with Crippen molar-refractivity contribution < 1.29 is 54.2 Å². The zero-order chi connectivity index (χ0) is 71.5. The minimum absolute atomic E-state index is 0.0994. The summed E-state index contributed by atoms with van der Waals surface area (Å²) in [5.41, 5.74) is 0.234. The van der Waals surface area contributed by atoms with Crippen LogP contribution >= 0.6 is 0 Å². The highest BCUT2D eigenvalue weighted by atomic mass is 28.4. The Hall–Kier alpha value is -6.40. The van der Waals surface area contributed by atoms with E-state index in [0.717, 1.165) is 71.9 Å². The number of methoxy groups -OCH3 is 1. The quantitative estimate of drug-likeness (QED) is 0.0219. The molecule has 2 saturated carbocycles. The fraction of sp³-hybridized carbons (Fsp3) is 0.554. The van der Waals surface area contributed by atoms with E-state index in [1.54, 1.807) is 21.0 Å². The Kier molecular flexibility index (Phi) is 21.5. The van der Waals surface area contributed by atoms with Crippen molar-refractivity contribution in [3.8, 4) is 39.9 Å². The topological polar surface area (TPSA) is 69.7 Å². The van der Waals surface area contributed by atoms with Crippen LogP contribution in [-0.4, -0.2) is 55.9 Å². The molecule has 99 heavy (non-hydrogen) atoms. The molecule has 0 N–H and O–H groups in total. The molecule has 6 aromatic rings. The van der Waals surface area contributed by atoms with Crippen molar-refractivity contribution in [1.29, 1.82) is 0 Å². The summed E-state index contributed by atoms with van der Waals surface area (Å²) in [6.45, 7) is 34.8. The predicted octanol–water partition coefficient (Wildman–Crippen LogP) is 24.1. The van der Waals surface area contributed by atoms with Gasteiger partial charge in [0, 0.05) is 59.4 Å². The van der Waals surface area contributed by atoms with Crippen LogP contribution in [0.4, 0.5) is 37.7 Å². The van der Waals surface area contributed by atoms with E-state index in [4.69, 9.17) is 23.1 Å². The summed E-state index contributed by atoms with van der Waals surface area (Å²) in [6.07, 6.45) is 8.24. The number of ether oxygens (including phenoxy) is 3. The average Bonchev–Trinajstić information content (AvgIpc) is 1.55. The molecule has 3 fully saturated rings. The molecule has 0 bridgehead atoms. The number of hydrogen-bond donors (Lipinski definition) is 0. The number of carbonyl (C=O) groups excluding carboxylic acids is 1. The van der Waals surface area contributed by atoms with Gasteiger partial charge in [-0.15, -0.1) is 0 Å². The molecule has 2 heterocycles. The van der Waals surface area contributed by atoms with Crippen LogP contribution in [0.25, 0.3) is 28.0 Å². The molecule has 8 nitrogen and oxygen atoms in total. The number of unbranched alkanes of at least 4 members (excludes halogenated alkanes) is 2. The molecular weight excluding hydrogens is 1290 g/mol. The standard InChI is InChI=1S/C83H108F6N2O6Si2/c1-17-18-19-20-57-21-23-58(24-22-57)59-25-27-60(28-26-59)79(92)94-65-39-33-64(34-40-65)90-43-45-91(46-44-90)73-49-69-70(50-74(73)93-16)78-68(77-75(69)71-47-63(82(84,85)86)48-72(83(87,88)89)76(71)80(77,14)15)41-42-81(95-78,61-29-35-66(36-30-61)96-98(51(2)3,52(4)5)53(6)7)62-31-37-67(38-32-62)97-99(54(8)9,55(10)11)56(12)13/h29-42,47-60H,17-28,43-46H2,1-16H3/t57-,58-,59-,60-. The van der Waals surface area contributed by atoms with Crippen LogP contribution < -0.4 is 32.9 Å². The molecule has 5 aliphatic rings. The number of hydrogen-bond acceptors (Lipinski definition) is 8. The van der Waals surface area contributed by atoms with Crippen LogP contribution in [0.5, 0.6) is 28.7 Å². The van der Waals surface area contributed by atoms with Crippen molar-refractivity contribution in [2.75, 3.05) is 43.1 Å². The average molecular weight is 1400 g/mol. The smallest absolute Gasteiger partial charge is 0.416 e. The summed E-state index contributed by atoms with van der Waals surface area (Å²) in [4.78, 5) is 18.0. The summed E-state index contributed by atoms with van der Waals surface area (Å²) in [5, 5.41) is 0.898. The maximum Gasteiger partial charge on any atom is 0.416 e. The Bertz CT molecular complexity index is 3730. The molecule has 6 aromatic carbocycles. The van der Waals surface area contributed by atoms with Gasteiger partial charge >= 0.3 is 18.3 Å². The van der Waals surface area contributed by atoms with Gasteiger partial charge in [-0.25, -0.2) is 0 Å². The largest absolute Gasteiger partial charge is 0.543 e. The number of nitrogens with zero attached hydrogens (tertiary/aromatic N) is 2. The lowest BCUT2D eigenvalue weighted by atomic mass is 9.68. The monoisotopic (exact) mass is 1400 g/mol. The molecule has 0 spiro atoms. The molecule has 0 amide bonds. The van der Waals surface area contributed by atoms with E-state index in [-0.39, 0.29) is 34.6 Å². The van der Waals surface area contributed by atoms with Crippen molar-refractivity contribution in [2.45, 2.75) is 238 Å². The first-order chi connectivity index (χ1) is 46.8. The van der Waals surface area contributed by atoms with Gasteiger partial charge in [-0.1, -0.05) is 173 Å². The number of halogens is 6. The van der Waals surface area contributed by atoms with Crippen molar-refractivity contribution >= 4 is 50.8 Å². The lowest BCUT2D eigenvalue weighted by Gasteiger charge is -2.43. The van der Waals surface area contributed by atoms with Gasteiger partial charge in [0.1, 0.15) is 28.7 Å². The third-order valence-electron chi connectivity index (χ3n) is 24.1. The second-order valence-corrected chi connectivity index (χ2v) is 42.7. The van der Waals surface area contributed by atoms with E-state index < -0.39 is 51.1 Å². The van der Waals surface area contributed by atoms with Gasteiger partial charge in [-0.2, -0.15) is 26.3 Å². The normalized spacial score (nSPS) is 20.2. The van der Waals surface area contributed by atoms with E-state index >= 15 is 26.3 Å². The summed E-state index contributed by atoms with van der Waals surface area (Å²) >= 11 is 0. The van der Waals surface area contributed by atoms with Crippen molar-refractivity contribution in [3.05, 3.63) is 142 Å². The summed E-state index contributed by atoms with van der Waals surface area (Å²) in [7, 11) is -3.23. The number of alkyl halides is 6. The lowest BCUT2D eigenvalue weighted by molar-refractivity contribution is -0.144. The zero-order valence-electron chi connectivity index (χ0n) is 61.6. The highest BCUT2D eigenvalue weighted by Gasteiger charge is 2.52. The van der Waals surface area contributed by atoms with E-state index in [2.05, 4.69) is 99.8 Å². The minimum Gasteiger partial charge on any atom is -0.543 e. The van der Waals surface area contributed by atoms with E-state index in [9.17, 15) is 4.79 Å². The Morgan fingerprint density at radius 3 is 1.56 bits per heavy atom. The van der Waals surface area contributed by atoms with Gasteiger partial charge in [0.15, 0.2) is 5.60 Å². The summed E-state index contributed by atoms with van der Waals surface area (Å²) in [5.74, 6) is 4.94. The summed E-state index contributed by atoms with van der Waals surface area (Å²) < 4.78 is 127. The van der Waals surface area contributed by atoms with Crippen molar-refractivity contribution in [1.82, 2.24) is 0 Å². The molecule has 0 unspecified atom stereocenters. The Balaban J connectivity index is 0.950. The van der Waals surface area contributed by atoms with E-state index in [1.165, 1.54) is 51.4 Å². The first-order valence-electron chi connectivity index (χ1n) is 37.1. The molecular formula is C83H108F6N2O6Si2. The number of carbonyl (C=O) groups is 1. The third-order valence-corrected chi connectivity index (χ3v) is 36.1. The molecule has 3 aliphatic carbocycles. The first-order valence-corrected chi connectivity index (χ1v) is 41.4. The Morgan fingerprint density at radius 2 is 1.08 bits per heavy atom. The SMILES string of the molecule is CCCCC[C@H]1CC[C@H]([C@H]2CC[C@H](C(=O)Oc3ccc(N4CCN(c5cc6c7c(c8c(c6cc5OC)OC(c5ccc(O[Si](C(C)C)(C(C)C)C(C)C)cc5)(c5ccc(O[Si](C(C)C)(C(C)C)C(C)C)cc5)C=C8)C(C)(C)c5c-7cc(C(F)(F)F)cc5C(F)(F)F)CC4)cc3)CC2)CC1. The highest BCUT2D eigenvalue weighted by molar-refractivity contribution is 6.78. The van der Waals surface area contributed by atoms with Crippen LogP contribution in [0.15, 0.2) is 103 Å². The van der Waals surface area contributed by atoms with Gasteiger partial charge in [-0.05, 0) is 196 Å². The van der Waals surface area contributed by atoms with Crippen LogP contribution in [0.1, 0.15) is 220 Å². The van der Waals surface area contributed by atoms with Gasteiger partial charge in [0.25, 0.3) is 16.6 Å². The maximum atomic E-state index is 15.7. The number of anilines is 2. The molecule has 0 aromatic heterocycles. The minimum atomic E-state index is -5.14. The molecule has 1 saturated heterocycles. The number of esters is 1. The zero-order valence-corrected chi connectivity index (χ0v) is 63.6. The third kappa shape index (κ3) is 14.0. The number of fused-ring (bicyclic) bond motifs is 8. The van der Waals surface area contributed by atoms with Crippen LogP contribution in [0.2, 0.25) is 33.2 Å². The second kappa shape index (κ2) is 28.8. The van der Waals surface area contributed by atoms with Gasteiger partial charge in [0.2, 0.25) is 0 Å². The lowest BCUT2D eigenvalue weighted by Crippen LogP contribution is -2.50. The van der Waals surface area contributed by atoms with Crippen LogP contribution in [0, 0.1) is 23.7 Å². The van der Waals surface area contributed by atoms with Crippen molar-refractivity contribution in [2.24, 2.45) is 23.7 Å². The van der Waals surface area contributed by atoms with Crippen LogP contribution in [0.3, 0.4) is 0 Å². The second-order valence-electron chi connectivity index (χ2n) is 32.0. The van der Waals surface area contributed by atoms with E-state index in [1.807, 2.05) is 97.1 Å². The van der Waals surface area contributed by atoms with Crippen LogP contribution in [-0.2, 0) is 28.2 Å². The number of piperazine rings is 1. The molecule has 16 heteroatoms. The molecule has 11 rings (SSSR count). The fourth-order valence-corrected chi connectivity index (χ4v) is 29.7. The maximum absolute atomic E-state index is 15.7. The molecule has 2 aliphatic heterocycles. The van der Waals surface area contributed by atoms with Gasteiger partial charge in [-0.3, -0.25) is 4.79 Å². The predicted molar refractivity (Wildman–Crippen MR) is 396 cm³/mol. The fourth-order valence-electron chi connectivity index (χ4n) is 19.2. The van der Waals surface area contributed by atoms with Crippen molar-refractivity contribution in [3.63, 3.8) is 0 Å². The van der Waals surface area contributed by atoms with Gasteiger partial charge in [0.05, 0.1) is 29.8 Å². The Labute approximate surface area is 588 Å². The molecule has 0 atom stereocenters. The van der Waals surface area contributed by atoms with E-state index in [0.29, 0.717) is 110 Å². The summed E-state index contributed by atoms with van der Waals surface area (Å²) in [6, 6.07) is 28.8. The highest BCUT2D eigenvalue weighted by Crippen LogP contribution is 2.62.